The molecule has 34 heavy (non-hydrogen) atoms. The molecular weight excluding hydrogens is 455 g/mol. The summed E-state index contributed by atoms with van der Waals surface area (Å²) in [7, 11) is 0.635. The highest BCUT2D eigenvalue weighted by Gasteiger charge is 2.29. The lowest BCUT2D eigenvalue weighted by Gasteiger charge is -2.31. The third-order valence-electron chi connectivity index (χ3n) is 6.53. The maximum absolute atomic E-state index is 14.4. The average molecular weight is 487 g/mol. The number of rotatable bonds is 7. The summed E-state index contributed by atoms with van der Waals surface area (Å²) in [4.78, 5) is 17.5. The van der Waals surface area contributed by atoms with E-state index in [1.54, 1.807) is 17.3 Å². The van der Waals surface area contributed by atoms with Crippen molar-refractivity contribution < 1.29 is 17.6 Å². The van der Waals surface area contributed by atoms with Crippen molar-refractivity contribution in [2.24, 2.45) is 5.73 Å². The minimum atomic E-state index is -3.21. The Labute approximate surface area is 199 Å². The fourth-order valence-electron chi connectivity index (χ4n) is 4.85. The number of nitrogens with two attached hydrogens (primary N) is 1. The van der Waals surface area contributed by atoms with Crippen LogP contribution >= 0.6 is 0 Å². The molecule has 1 aromatic heterocycles. The molecule has 9 heteroatoms. The molecule has 1 amide bonds. The Morgan fingerprint density at radius 1 is 1.15 bits per heavy atom. The van der Waals surface area contributed by atoms with Crippen LogP contribution in [0.1, 0.15) is 47.2 Å². The van der Waals surface area contributed by atoms with E-state index in [4.69, 9.17) is 5.73 Å². The summed E-state index contributed by atoms with van der Waals surface area (Å²) in [6, 6.07) is 8.57. The predicted octanol–water partition coefficient (Wildman–Crippen LogP) is 3.66. The van der Waals surface area contributed by atoms with Crippen molar-refractivity contribution in [2.45, 2.75) is 32.2 Å². The van der Waals surface area contributed by atoms with Crippen LogP contribution in [0.5, 0.6) is 0 Å². The summed E-state index contributed by atoms with van der Waals surface area (Å²) < 4.78 is 40.5. The number of halogens is 1. The van der Waals surface area contributed by atoms with Crippen molar-refractivity contribution in [3.63, 3.8) is 0 Å². The summed E-state index contributed by atoms with van der Waals surface area (Å²) in [5, 5.41) is 0.863. The first-order chi connectivity index (χ1) is 16.1. The second-order valence-electron chi connectivity index (χ2n) is 9.21. The number of fused-ring (bicyclic) bond motifs is 1. The van der Waals surface area contributed by atoms with E-state index in [9.17, 15) is 17.6 Å². The number of amides is 1. The van der Waals surface area contributed by atoms with Crippen LogP contribution in [0, 0.1) is 5.82 Å². The van der Waals surface area contributed by atoms with Crippen molar-refractivity contribution >= 4 is 26.8 Å². The molecule has 2 aromatic carbocycles. The number of carbonyl (C=O) groups is 1. The van der Waals surface area contributed by atoms with E-state index in [-0.39, 0.29) is 17.5 Å². The van der Waals surface area contributed by atoms with E-state index in [1.807, 2.05) is 37.3 Å². The molecule has 2 heterocycles. The maximum atomic E-state index is 14.4. The number of piperidine rings is 1. The minimum absolute atomic E-state index is 0.0968. The van der Waals surface area contributed by atoms with Gasteiger partial charge in [-0.05, 0) is 92.4 Å². The van der Waals surface area contributed by atoms with Gasteiger partial charge in [-0.25, -0.2) is 17.1 Å². The van der Waals surface area contributed by atoms with Gasteiger partial charge in [-0.15, -0.1) is 0 Å². The number of carbonyl (C=O) groups excluding carboxylic acids is 1. The third-order valence-corrected chi connectivity index (χ3v) is 8.41. The van der Waals surface area contributed by atoms with Gasteiger partial charge < -0.3 is 15.6 Å². The number of aromatic amines is 1. The zero-order chi connectivity index (χ0) is 24.6. The molecule has 182 valence electrons. The molecule has 3 aromatic rings. The standard InChI is InChI=1S/C25H31FN4O3S/c1-4-34(32,33)30-7-5-17(6-8-30)23-14-28-24-21(23)12-19(13-22(24)25(27)31)18-9-16(15-29(2)3)10-20(26)11-18/h9-14,17,28H,4-8,15H2,1-3H3,(H2,27,31). The van der Waals surface area contributed by atoms with Crippen LogP contribution in [0.2, 0.25) is 0 Å². The summed E-state index contributed by atoms with van der Waals surface area (Å²) >= 11 is 0. The number of hydrogen-bond acceptors (Lipinski definition) is 4. The first-order valence-corrected chi connectivity index (χ1v) is 13.1. The Hall–Kier alpha value is -2.75. The number of nitrogens with one attached hydrogen (secondary N) is 1. The number of nitrogens with zero attached hydrogens (tertiary/aromatic N) is 2. The van der Waals surface area contributed by atoms with Gasteiger partial charge in [0.25, 0.3) is 5.91 Å². The SMILES string of the molecule is CCS(=O)(=O)N1CCC(c2c[nH]c3c(C(N)=O)cc(-c4cc(F)cc(CN(C)C)c4)cc23)CC1. The molecule has 7 nitrogen and oxygen atoms in total. The Bertz CT molecular complexity index is 1330. The summed E-state index contributed by atoms with van der Waals surface area (Å²) in [6.45, 7) is 3.18. The quantitative estimate of drug-likeness (QED) is 0.532. The molecule has 4 rings (SSSR count). The lowest BCUT2D eigenvalue weighted by molar-refractivity contribution is 0.100. The Morgan fingerprint density at radius 2 is 1.82 bits per heavy atom. The lowest BCUT2D eigenvalue weighted by atomic mass is 9.88. The Kier molecular flexibility index (Phi) is 6.80. The van der Waals surface area contributed by atoms with Gasteiger partial charge >= 0.3 is 0 Å². The van der Waals surface area contributed by atoms with Crippen LogP contribution in [0.15, 0.2) is 36.5 Å². The van der Waals surface area contributed by atoms with Crippen molar-refractivity contribution in [1.82, 2.24) is 14.2 Å². The number of primary amides is 1. The molecule has 0 bridgehead atoms. The molecule has 0 spiro atoms. The van der Waals surface area contributed by atoms with E-state index < -0.39 is 15.9 Å². The molecule has 3 N–H and O–H groups in total. The molecule has 1 fully saturated rings. The first kappa shape index (κ1) is 24.4. The number of aromatic nitrogens is 1. The van der Waals surface area contributed by atoms with Gasteiger partial charge in [0, 0.05) is 31.2 Å². The zero-order valence-electron chi connectivity index (χ0n) is 19.8. The van der Waals surface area contributed by atoms with Crippen LogP contribution in [-0.2, 0) is 16.6 Å². The van der Waals surface area contributed by atoms with Crippen molar-refractivity contribution in [3.05, 3.63) is 59.0 Å². The molecule has 1 saturated heterocycles. The Balaban J connectivity index is 1.75. The smallest absolute Gasteiger partial charge is 0.250 e. The van der Waals surface area contributed by atoms with Crippen molar-refractivity contribution in [3.8, 4) is 11.1 Å². The van der Waals surface area contributed by atoms with Gasteiger partial charge in [0.05, 0.1) is 16.8 Å². The molecule has 0 unspecified atom stereocenters. The van der Waals surface area contributed by atoms with Crippen LogP contribution in [0.3, 0.4) is 0 Å². The second kappa shape index (κ2) is 9.48. The molecule has 1 aliphatic rings. The average Bonchev–Trinajstić information content (AvgIpc) is 3.21. The monoisotopic (exact) mass is 486 g/mol. The highest BCUT2D eigenvalue weighted by molar-refractivity contribution is 7.89. The summed E-state index contributed by atoms with van der Waals surface area (Å²) in [5.41, 5.74) is 9.96. The van der Waals surface area contributed by atoms with E-state index in [0.29, 0.717) is 54.7 Å². The Morgan fingerprint density at radius 3 is 2.44 bits per heavy atom. The van der Waals surface area contributed by atoms with Gasteiger partial charge in [-0.3, -0.25) is 4.79 Å². The lowest BCUT2D eigenvalue weighted by Crippen LogP contribution is -2.38. The van der Waals surface area contributed by atoms with Crippen molar-refractivity contribution in [1.29, 1.82) is 0 Å². The van der Waals surface area contributed by atoms with Gasteiger partial charge in [0.15, 0.2) is 0 Å². The number of sulfonamides is 1. The van der Waals surface area contributed by atoms with E-state index in [2.05, 4.69) is 4.98 Å². The molecule has 0 atom stereocenters. The fourth-order valence-corrected chi connectivity index (χ4v) is 5.99. The zero-order valence-corrected chi connectivity index (χ0v) is 20.6. The van der Waals surface area contributed by atoms with Gasteiger partial charge in [0.2, 0.25) is 10.0 Å². The van der Waals surface area contributed by atoms with Gasteiger partial charge in [-0.2, -0.15) is 0 Å². The van der Waals surface area contributed by atoms with Crippen LogP contribution in [-0.4, -0.2) is 61.5 Å². The third kappa shape index (κ3) is 4.87. The number of H-pyrrole nitrogens is 1. The minimum Gasteiger partial charge on any atom is -0.366 e. The molecule has 0 saturated carbocycles. The van der Waals surface area contributed by atoms with Crippen molar-refractivity contribution in [2.75, 3.05) is 32.9 Å². The fraction of sp³-hybridized carbons (Fsp3) is 0.400. The predicted molar refractivity (Wildman–Crippen MR) is 133 cm³/mol. The highest BCUT2D eigenvalue weighted by Crippen LogP contribution is 2.37. The van der Waals surface area contributed by atoms with Crippen LogP contribution in [0.4, 0.5) is 4.39 Å². The largest absolute Gasteiger partial charge is 0.366 e. The molecular formula is C25H31FN4O3S. The van der Waals surface area contributed by atoms with E-state index in [0.717, 1.165) is 16.5 Å². The van der Waals surface area contributed by atoms with Gasteiger partial charge in [0.1, 0.15) is 5.82 Å². The molecule has 0 radical (unpaired) electrons. The van der Waals surface area contributed by atoms with E-state index in [1.165, 1.54) is 12.1 Å². The second-order valence-corrected chi connectivity index (χ2v) is 11.5. The van der Waals surface area contributed by atoms with E-state index >= 15 is 0 Å². The summed E-state index contributed by atoms with van der Waals surface area (Å²) in [5.74, 6) is -0.660. The first-order valence-electron chi connectivity index (χ1n) is 11.5. The molecule has 1 aliphatic heterocycles. The highest BCUT2D eigenvalue weighted by atomic mass is 32.2. The normalized spacial score (nSPS) is 15.9. The topological polar surface area (TPSA) is 99.5 Å². The summed E-state index contributed by atoms with van der Waals surface area (Å²) in [6.07, 6.45) is 3.27. The number of hydrogen-bond donors (Lipinski definition) is 2. The van der Waals surface area contributed by atoms with Crippen LogP contribution in [0.25, 0.3) is 22.0 Å². The number of benzene rings is 2. The maximum Gasteiger partial charge on any atom is 0.250 e. The van der Waals surface area contributed by atoms with Crippen LogP contribution < -0.4 is 5.73 Å². The molecule has 0 aliphatic carbocycles. The van der Waals surface area contributed by atoms with Gasteiger partial charge in [-0.1, -0.05) is 0 Å².